The monoisotopic (exact) mass is 258 g/mol. The maximum Gasteiger partial charge on any atom is 0.141 e. The van der Waals surface area contributed by atoms with E-state index in [1.807, 2.05) is 0 Å². The summed E-state index contributed by atoms with van der Waals surface area (Å²) < 4.78 is 0. The van der Waals surface area contributed by atoms with Crippen LogP contribution in [0.4, 0.5) is 0 Å². The average molecular weight is 259 g/mol. The highest BCUT2D eigenvalue weighted by Gasteiger charge is 2.29. The normalized spacial score (nSPS) is 17.1. The van der Waals surface area contributed by atoms with E-state index in [1.165, 1.54) is 6.42 Å². The molecule has 1 saturated carbocycles. The summed E-state index contributed by atoms with van der Waals surface area (Å²) in [6.45, 7) is 1.62. The first-order valence-electron chi connectivity index (χ1n) is 5.69. The van der Waals surface area contributed by atoms with E-state index in [-0.39, 0.29) is 30.8 Å². The van der Waals surface area contributed by atoms with Gasteiger partial charge in [-0.1, -0.05) is 6.42 Å². The van der Waals surface area contributed by atoms with E-state index >= 15 is 0 Å². The third-order valence-corrected chi connectivity index (χ3v) is 3.52. The Morgan fingerprint density at radius 1 is 1.53 bits per heavy atom. The van der Waals surface area contributed by atoms with Gasteiger partial charge in [0.25, 0.3) is 0 Å². The van der Waals surface area contributed by atoms with E-state index in [1.54, 1.807) is 13.1 Å². The van der Waals surface area contributed by atoms with Crippen molar-refractivity contribution in [3.05, 3.63) is 23.0 Å². The van der Waals surface area contributed by atoms with Crippen molar-refractivity contribution in [1.29, 1.82) is 0 Å². The van der Waals surface area contributed by atoms with Gasteiger partial charge in [-0.15, -0.1) is 12.4 Å². The molecule has 0 amide bonds. The van der Waals surface area contributed by atoms with Gasteiger partial charge in [-0.2, -0.15) is 0 Å². The predicted molar refractivity (Wildman–Crippen MR) is 68.1 cm³/mol. The fourth-order valence-electron chi connectivity index (χ4n) is 2.18. The molecule has 5 heteroatoms. The SMILES string of the molecule is Cc1ncc(CO)c([C@H](N)C2CCC2)c1O.Cl. The summed E-state index contributed by atoms with van der Waals surface area (Å²) in [6, 6.07) is -0.183. The number of aliphatic hydroxyl groups is 1. The van der Waals surface area contributed by atoms with Crippen LogP contribution in [0, 0.1) is 12.8 Å². The Kier molecular flexibility index (Phi) is 4.74. The second kappa shape index (κ2) is 5.67. The van der Waals surface area contributed by atoms with Gasteiger partial charge in [0, 0.05) is 23.4 Å². The van der Waals surface area contributed by atoms with Crippen LogP contribution in [-0.2, 0) is 6.61 Å². The number of nitrogens with zero attached hydrogens (tertiary/aromatic N) is 1. The summed E-state index contributed by atoms with van der Waals surface area (Å²) in [5, 5.41) is 19.2. The first-order valence-corrected chi connectivity index (χ1v) is 5.69. The van der Waals surface area contributed by atoms with E-state index < -0.39 is 0 Å². The van der Waals surface area contributed by atoms with Gasteiger partial charge >= 0.3 is 0 Å². The number of aliphatic hydroxyl groups excluding tert-OH is 1. The molecular weight excluding hydrogens is 240 g/mol. The number of aryl methyl sites for hydroxylation is 1. The van der Waals surface area contributed by atoms with Gasteiger partial charge in [0.05, 0.1) is 12.3 Å². The minimum absolute atomic E-state index is 0. The molecule has 1 heterocycles. The zero-order valence-electron chi connectivity index (χ0n) is 9.89. The standard InChI is InChI=1S/C12H18N2O2.ClH/c1-7-12(16)10(9(6-15)5-14-7)11(13)8-3-2-4-8;/h5,8,11,15-16H,2-4,6,13H2,1H3;1H/t11-;/m1./s1. The molecule has 0 radical (unpaired) electrons. The van der Waals surface area contributed by atoms with Crippen LogP contribution < -0.4 is 5.73 Å². The van der Waals surface area contributed by atoms with Crippen LogP contribution in [0.1, 0.15) is 42.1 Å². The Bertz CT molecular complexity index is 394. The lowest BCUT2D eigenvalue weighted by Gasteiger charge is -2.32. The third-order valence-electron chi connectivity index (χ3n) is 3.52. The molecule has 1 aliphatic carbocycles. The minimum atomic E-state index is -0.183. The van der Waals surface area contributed by atoms with E-state index in [0.717, 1.165) is 12.8 Å². The molecule has 0 unspecified atom stereocenters. The highest BCUT2D eigenvalue weighted by atomic mass is 35.5. The molecule has 1 aromatic heterocycles. The Labute approximate surface area is 107 Å². The van der Waals surface area contributed by atoms with Crippen molar-refractivity contribution in [3.8, 4) is 5.75 Å². The second-order valence-electron chi connectivity index (χ2n) is 4.51. The number of nitrogens with two attached hydrogens (primary N) is 1. The van der Waals surface area contributed by atoms with Crippen molar-refractivity contribution in [1.82, 2.24) is 4.98 Å². The van der Waals surface area contributed by atoms with E-state index in [9.17, 15) is 10.2 Å². The highest BCUT2D eigenvalue weighted by Crippen LogP contribution is 2.40. The van der Waals surface area contributed by atoms with Gasteiger partial charge in [0.1, 0.15) is 5.75 Å². The fraction of sp³-hybridized carbons (Fsp3) is 0.583. The average Bonchev–Trinajstić information content (AvgIpc) is 2.19. The quantitative estimate of drug-likeness (QED) is 0.773. The molecule has 96 valence electrons. The lowest BCUT2D eigenvalue weighted by molar-refractivity contribution is 0.248. The first-order chi connectivity index (χ1) is 7.65. The van der Waals surface area contributed by atoms with E-state index in [0.29, 0.717) is 22.7 Å². The van der Waals surface area contributed by atoms with Crippen LogP contribution in [-0.4, -0.2) is 15.2 Å². The van der Waals surface area contributed by atoms with Crippen molar-refractivity contribution < 1.29 is 10.2 Å². The Morgan fingerprint density at radius 2 is 2.18 bits per heavy atom. The van der Waals surface area contributed by atoms with E-state index in [4.69, 9.17) is 5.73 Å². The van der Waals surface area contributed by atoms with E-state index in [2.05, 4.69) is 4.98 Å². The molecule has 0 spiro atoms. The molecule has 0 saturated heterocycles. The maximum atomic E-state index is 9.99. The van der Waals surface area contributed by atoms with Crippen molar-refractivity contribution in [3.63, 3.8) is 0 Å². The van der Waals surface area contributed by atoms with Gasteiger partial charge in [0.15, 0.2) is 0 Å². The molecule has 17 heavy (non-hydrogen) atoms. The summed E-state index contributed by atoms with van der Waals surface area (Å²) in [6.07, 6.45) is 5.01. The first kappa shape index (κ1) is 14.2. The summed E-state index contributed by atoms with van der Waals surface area (Å²) in [7, 11) is 0. The van der Waals surface area contributed by atoms with Crippen LogP contribution in [0.25, 0.3) is 0 Å². The third kappa shape index (κ3) is 2.54. The zero-order valence-corrected chi connectivity index (χ0v) is 10.7. The van der Waals surface area contributed by atoms with Crippen molar-refractivity contribution in [2.45, 2.75) is 38.8 Å². The number of aromatic nitrogens is 1. The molecule has 0 bridgehead atoms. The summed E-state index contributed by atoms with van der Waals surface area (Å²) in [5.74, 6) is 0.573. The molecule has 1 aliphatic rings. The van der Waals surface area contributed by atoms with Gasteiger partial charge < -0.3 is 15.9 Å². The van der Waals surface area contributed by atoms with Gasteiger partial charge in [-0.3, -0.25) is 4.98 Å². The molecular formula is C12H19ClN2O2. The molecule has 1 aromatic rings. The Hall–Kier alpha value is -0.840. The van der Waals surface area contributed by atoms with Gasteiger partial charge in [0.2, 0.25) is 0 Å². The van der Waals surface area contributed by atoms with Crippen LogP contribution in [0.15, 0.2) is 6.20 Å². The number of hydrogen-bond donors (Lipinski definition) is 3. The molecule has 0 aromatic carbocycles. The smallest absolute Gasteiger partial charge is 0.141 e. The Morgan fingerprint density at radius 3 is 2.65 bits per heavy atom. The second-order valence-corrected chi connectivity index (χ2v) is 4.51. The fourth-order valence-corrected chi connectivity index (χ4v) is 2.18. The molecule has 1 atom stereocenters. The number of rotatable bonds is 3. The molecule has 1 fully saturated rings. The van der Waals surface area contributed by atoms with Gasteiger partial charge in [-0.05, 0) is 25.7 Å². The molecule has 2 rings (SSSR count). The lowest BCUT2D eigenvalue weighted by Crippen LogP contribution is -2.28. The molecule has 4 nitrogen and oxygen atoms in total. The maximum absolute atomic E-state index is 9.99. The molecule has 0 aliphatic heterocycles. The summed E-state index contributed by atoms with van der Waals surface area (Å²) in [4.78, 5) is 4.03. The van der Waals surface area contributed by atoms with Crippen molar-refractivity contribution in [2.75, 3.05) is 0 Å². The number of halogens is 1. The number of aromatic hydroxyl groups is 1. The number of pyridine rings is 1. The van der Waals surface area contributed by atoms with Crippen LogP contribution in [0.3, 0.4) is 0 Å². The minimum Gasteiger partial charge on any atom is -0.506 e. The number of hydrogen-bond acceptors (Lipinski definition) is 4. The van der Waals surface area contributed by atoms with Gasteiger partial charge in [-0.25, -0.2) is 0 Å². The zero-order chi connectivity index (χ0) is 11.7. The predicted octanol–water partition coefficient (Wildman–Crippen LogP) is 1.81. The Balaban J connectivity index is 0.00000144. The summed E-state index contributed by atoms with van der Waals surface area (Å²) >= 11 is 0. The van der Waals surface area contributed by atoms with Crippen LogP contribution in [0.5, 0.6) is 5.75 Å². The highest BCUT2D eigenvalue weighted by molar-refractivity contribution is 5.85. The topological polar surface area (TPSA) is 79.4 Å². The van der Waals surface area contributed by atoms with Crippen molar-refractivity contribution >= 4 is 12.4 Å². The van der Waals surface area contributed by atoms with Crippen LogP contribution >= 0.6 is 12.4 Å². The lowest BCUT2D eigenvalue weighted by atomic mass is 9.76. The van der Waals surface area contributed by atoms with Crippen LogP contribution in [0.2, 0.25) is 0 Å². The summed E-state index contributed by atoms with van der Waals surface area (Å²) in [5.41, 5.74) is 8.04. The largest absolute Gasteiger partial charge is 0.506 e. The van der Waals surface area contributed by atoms with Crippen molar-refractivity contribution in [2.24, 2.45) is 11.7 Å². The molecule has 4 N–H and O–H groups in total.